The van der Waals surface area contributed by atoms with E-state index in [1.54, 1.807) is 0 Å². The Hall–Kier alpha value is -0.740. The molecule has 1 rings (SSSR count). The first kappa shape index (κ1) is 10.3. The van der Waals surface area contributed by atoms with Gasteiger partial charge in [-0.3, -0.25) is 4.57 Å². The van der Waals surface area contributed by atoms with E-state index >= 15 is 0 Å². The Morgan fingerprint density at radius 3 is 2.69 bits per heavy atom. The molecule has 0 atom stereocenters. The van der Waals surface area contributed by atoms with Crippen molar-refractivity contribution in [2.24, 2.45) is 5.73 Å². The maximum Gasteiger partial charge on any atom is 0.327 e. The van der Waals surface area contributed by atoms with Crippen LogP contribution in [0.25, 0.3) is 0 Å². The second kappa shape index (κ2) is 3.55. The lowest BCUT2D eigenvalue weighted by molar-refractivity contribution is 0.324. The molecule has 5 heteroatoms. The van der Waals surface area contributed by atoms with Gasteiger partial charge in [-0.05, 0) is 26.8 Å². The van der Waals surface area contributed by atoms with Gasteiger partial charge >= 0.3 is 5.69 Å². The molecule has 1 aromatic rings. The topological polar surface area (TPSA) is 63.8 Å². The fraction of sp³-hybridized carbons (Fsp3) is 0.625. The highest BCUT2D eigenvalue weighted by Crippen LogP contribution is 2.21. The second-order valence-electron chi connectivity index (χ2n) is 3.60. The zero-order valence-electron chi connectivity index (χ0n) is 7.80. The van der Waals surface area contributed by atoms with Crippen LogP contribution >= 0.6 is 11.6 Å². The first-order valence-corrected chi connectivity index (χ1v) is 4.53. The third-order valence-electron chi connectivity index (χ3n) is 2.09. The monoisotopic (exact) mass is 203 g/mol. The number of aromatic nitrogens is 2. The van der Waals surface area contributed by atoms with Crippen molar-refractivity contribution in [1.29, 1.82) is 0 Å². The smallest absolute Gasteiger partial charge is 0.327 e. The Balaban J connectivity index is 3.12. The maximum absolute atomic E-state index is 11.3. The summed E-state index contributed by atoms with van der Waals surface area (Å²) in [5.41, 5.74) is 4.93. The first-order valence-electron chi connectivity index (χ1n) is 4.15. The largest absolute Gasteiger partial charge is 0.330 e. The molecule has 74 valence electrons. The minimum Gasteiger partial charge on any atom is -0.330 e. The lowest BCUT2D eigenvalue weighted by atomic mass is 10.0. The van der Waals surface area contributed by atoms with Crippen molar-refractivity contribution in [3.05, 3.63) is 21.8 Å². The van der Waals surface area contributed by atoms with E-state index in [4.69, 9.17) is 17.3 Å². The molecular weight excluding hydrogens is 190 g/mol. The molecule has 0 saturated heterocycles. The number of hydrogen-bond donors (Lipinski definition) is 2. The van der Waals surface area contributed by atoms with Crippen LogP contribution in [-0.2, 0) is 5.54 Å². The molecule has 0 aliphatic heterocycles. The molecule has 1 heterocycles. The van der Waals surface area contributed by atoms with E-state index in [0.29, 0.717) is 18.1 Å². The number of imidazole rings is 1. The summed E-state index contributed by atoms with van der Waals surface area (Å²) in [6, 6.07) is 0. The Labute approximate surface area is 81.7 Å². The lowest BCUT2D eigenvalue weighted by Crippen LogP contribution is -2.36. The summed E-state index contributed by atoms with van der Waals surface area (Å²) in [5.74, 6) is 0. The lowest BCUT2D eigenvalue weighted by Gasteiger charge is -2.25. The van der Waals surface area contributed by atoms with Crippen molar-refractivity contribution in [3.63, 3.8) is 0 Å². The Morgan fingerprint density at radius 1 is 1.69 bits per heavy atom. The van der Waals surface area contributed by atoms with Gasteiger partial charge in [0.1, 0.15) is 5.15 Å². The number of rotatable bonds is 3. The van der Waals surface area contributed by atoms with Gasteiger partial charge in [-0.15, -0.1) is 0 Å². The van der Waals surface area contributed by atoms with Gasteiger partial charge in [0.2, 0.25) is 0 Å². The van der Waals surface area contributed by atoms with Crippen LogP contribution in [0.15, 0.2) is 11.0 Å². The van der Waals surface area contributed by atoms with Crippen LogP contribution in [-0.4, -0.2) is 16.1 Å². The van der Waals surface area contributed by atoms with Gasteiger partial charge < -0.3 is 10.7 Å². The molecule has 0 radical (unpaired) electrons. The normalized spacial score (nSPS) is 12.0. The maximum atomic E-state index is 11.3. The van der Waals surface area contributed by atoms with E-state index in [0.717, 1.165) is 0 Å². The van der Waals surface area contributed by atoms with Crippen molar-refractivity contribution >= 4 is 11.6 Å². The minimum atomic E-state index is -0.330. The summed E-state index contributed by atoms with van der Waals surface area (Å²) >= 11 is 5.86. The number of H-pyrrole nitrogens is 1. The molecule has 0 unspecified atom stereocenters. The van der Waals surface area contributed by atoms with Crippen LogP contribution in [0.4, 0.5) is 0 Å². The third kappa shape index (κ3) is 1.95. The Bertz CT molecular complexity index is 339. The van der Waals surface area contributed by atoms with Crippen LogP contribution in [0.2, 0.25) is 5.15 Å². The fourth-order valence-electron chi connectivity index (χ4n) is 1.38. The molecule has 0 aliphatic rings. The zero-order valence-corrected chi connectivity index (χ0v) is 8.56. The minimum absolute atomic E-state index is 0.191. The van der Waals surface area contributed by atoms with Crippen molar-refractivity contribution < 1.29 is 0 Å². The molecular formula is C8H14ClN3O. The Morgan fingerprint density at radius 2 is 2.31 bits per heavy atom. The molecule has 0 spiro atoms. The third-order valence-corrected chi connectivity index (χ3v) is 2.37. The summed E-state index contributed by atoms with van der Waals surface area (Å²) in [6.07, 6.45) is 2.20. The number of halogens is 1. The summed E-state index contributed by atoms with van der Waals surface area (Å²) in [6.45, 7) is 4.39. The van der Waals surface area contributed by atoms with Gasteiger partial charge in [0.05, 0.1) is 0 Å². The molecule has 0 saturated carbocycles. The predicted octanol–water partition coefficient (Wildman–Crippen LogP) is 0.914. The number of aromatic amines is 1. The molecule has 1 aromatic heterocycles. The molecule has 0 amide bonds. The van der Waals surface area contributed by atoms with Gasteiger partial charge in [-0.2, -0.15) is 0 Å². The van der Waals surface area contributed by atoms with Crippen LogP contribution < -0.4 is 11.4 Å². The number of nitrogens with zero attached hydrogens (tertiary/aromatic N) is 1. The van der Waals surface area contributed by atoms with Crippen molar-refractivity contribution in [2.45, 2.75) is 25.8 Å². The van der Waals surface area contributed by atoms with Gasteiger partial charge in [0.15, 0.2) is 0 Å². The summed E-state index contributed by atoms with van der Waals surface area (Å²) < 4.78 is 1.52. The summed E-state index contributed by atoms with van der Waals surface area (Å²) in [4.78, 5) is 13.9. The van der Waals surface area contributed by atoms with E-state index in [9.17, 15) is 4.79 Å². The van der Waals surface area contributed by atoms with Gasteiger partial charge in [0.25, 0.3) is 0 Å². The number of nitrogens with two attached hydrogens (primary N) is 1. The van der Waals surface area contributed by atoms with E-state index in [1.165, 1.54) is 10.8 Å². The highest BCUT2D eigenvalue weighted by Gasteiger charge is 2.23. The SMILES string of the molecule is CC(C)(CCN)n1c(Cl)c[nH]c1=O. The predicted molar refractivity (Wildman–Crippen MR) is 53.1 cm³/mol. The molecule has 0 fully saturated rings. The van der Waals surface area contributed by atoms with Crippen LogP contribution in [0.5, 0.6) is 0 Å². The number of hydrogen-bond acceptors (Lipinski definition) is 2. The van der Waals surface area contributed by atoms with E-state index in [-0.39, 0.29) is 11.2 Å². The standard InChI is InChI=1S/C8H14ClN3O/c1-8(2,3-4-10)12-6(9)5-11-7(12)13/h5H,3-4,10H2,1-2H3,(H,11,13). The molecule has 4 nitrogen and oxygen atoms in total. The highest BCUT2D eigenvalue weighted by molar-refractivity contribution is 6.29. The van der Waals surface area contributed by atoms with Gasteiger partial charge in [-0.25, -0.2) is 4.79 Å². The first-order chi connectivity index (χ1) is 5.99. The summed E-state index contributed by atoms with van der Waals surface area (Å²) in [7, 11) is 0. The van der Waals surface area contributed by atoms with E-state index in [2.05, 4.69) is 4.98 Å². The molecule has 0 bridgehead atoms. The van der Waals surface area contributed by atoms with Crippen molar-refractivity contribution in [3.8, 4) is 0 Å². The molecule has 3 N–H and O–H groups in total. The molecule has 0 aromatic carbocycles. The van der Waals surface area contributed by atoms with Gasteiger partial charge in [0, 0.05) is 11.7 Å². The average Bonchev–Trinajstić information content (AvgIpc) is 2.31. The van der Waals surface area contributed by atoms with Crippen LogP contribution in [0.1, 0.15) is 20.3 Å². The highest BCUT2D eigenvalue weighted by atomic mass is 35.5. The van der Waals surface area contributed by atoms with Crippen LogP contribution in [0, 0.1) is 0 Å². The summed E-state index contributed by atoms with van der Waals surface area (Å²) in [5, 5.41) is 0.420. The quantitative estimate of drug-likeness (QED) is 0.767. The number of nitrogens with one attached hydrogen (secondary N) is 1. The second-order valence-corrected chi connectivity index (χ2v) is 3.99. The molecule has 13 heavy (non-hydrogen) atoms. The average molecular weight is 204 g/mol. The van der Waals surface area contributed by atoms with Crippen molar-refractivity contribution in [1.82, 2.24) is 9.55 Å². The van der Waals surface area contributed by atoms with Crippen molar-refractivity contribution in [2.75, 3.05) is 6.54 Å². The zero-order chi connectivity index (χ0) is 10.1. The fourth-order valence-corrected chi connectivity index (χ4v) is 1.74. The van der Waals surface area contributed by atoms with E-state index < -0.39 is 0 Å². The van der Waals surface area contributed by atoms with Crippen LogP contribution in [0.3, 0.4) is 0 Å². The molecule has 0 aliphatic carbocycles. The Kier molecular flexibility index (Phi) is 2.83. The van der Waals surface area contributed by atoms with Gasteiger partial charge in [-0.1, -0.05) is 11.6 Å². The van der Waals surface area contributed by atoms with E-state index in [1.807, 2.05) is 13.8 Å².